The maximum atomic E-state index is 13.2. The maximum Gasteiger partial charge on any atom is 0.271 e. The molecule has 2 aromatic rings. The first-order valence-electron chi connectivity index (χ1n) is 8.44. The molecule has 0 spiro atoms. The van der Waals surface area contributed by atoms with Crippen LogP contribution in [0.2, 0.25) is 0 Å². The molecule has 0 aromatic heterocycles. The van der Waals surface area contributed by atoms with Gasteiger partial charge in [0.15, 0.2) is 15.8 Å². The molecule has 2 aromatic carbocycles. The van der Waals surface area contributed by atoms with Crippen molar-refractivity contribution in [3.05, 3.63) is 58.0 Å². The van der Waals surface area contributed by atoms with Crippen molar-refractivity contribution in [3.8, 4) is 11.5 Å². The first-order chi connectivity index (χ1) is 12.9. The summed E-state index contributed by atoms with van der Waals surface area (Å²) in [6.07, 6.45) is 0. The van der Waals surface area contributed by atoms with Gasteiger partial charge in [0, 0.05) is 0 Å². The van der Waals surface area contributed by atoms with Crippen molar-refractivity contribution in [2.75, 3.05) is 19.1 Å². The van der Waals surface area contributed by atoms with Crippen molar-refractivity contribution in [1.29, 1.82) is 0 Å². The maximum absolute atomic E-state index is 13.2. The number of ether oxygens (including phenoxy) is 2. The summed E-state index contributed by atoms with van der Waals surface area (Å²) in [6.45, 7) is 5.96. The molecular formula is C21H21NO3S2. The molecule has 0 saturated carbocycles. The van der Waals surface area contributed by atoms with Crippen LogP contribution in [-0.2, 0) is 4.79 Å². The number of thiocarbonyl (C=S) groups is 1. The van der Waals surface area contributed by atoms with Crippen molar-refractivity contribution >= 4 is 45.5 Å². The standard InChI is InChI=1S/C21H21NO3S2/c1-12-7-6-8-16(13(12)2)22-20(23)19(27-21(22)26)14(3)15-9-10-17(24-4)18(11-15)25-5/h6-11H,1-5H3. The van der Waals surface area contributed by atoms with E-state index in [0.717, 1.165) is 28.0 Å². The number of rotatable bonds is 4. The second kappa shape index (κ2) is 7.74. The van der Waals surface area contributed by atoms with Crippen LogP contribution < -0.4 is 14.4 Å². The van der Waals surface area contributed by atoms with Crippen LogP contribution in [0, 0.1) is 13.8 Å². The van der Waals surface area contributed by atoms with Gasteiger partial charge in [0.2, 0.25) is 0 Å². The average molecular weight is 400 g/mol. The third kappa shape index (κ3) is 3.47. The largest absolute Gasteiger partial charge is 0.493 e. The molecule has 1 heterocycles. The smallest absolute Gasteiger partial charge is 0.271 e. The number of hydrogen-bond acceptors (Lipinski definition) is 5. The van der Waals surface area contributed by atoms with Crippen LogP contribution in [0.1, 0.15) is 23.6 Å². The van der Waals surface area contributed by atoms with Crippen molar-refractivity contribution in [2.24, 2.45) is 0 Å². The fraction of sp³-hybridized carbons (Fsp3) is 0.238. The molecule has 0 aliphatic carbocycles. The zero-order chi connectivity index (χ0) is 19.7. The van der Waals surface area contributed by atoms with Gasteiger partial charge < -0.3 is 9.47 Å². The molecule has 1 saturated heterocycles. The molecule has 140 valence electrons. The summed E-state index contributed by atoms with van der Waals surface area (Å²) in [7, 11) is 3.19. The summed E-state index contributed by atoms with van der Waals surface area (Å²) >= 11 is 6.86. The van der Waals surface area contributed by atoms with Crippen molar-refractivity contribution in [2.45, 2.75) is 20.8 Å². The molecule has 1 fully saturated rings. The molecule has 0 bridgehead atoms. The van der Waals surface area contributed by atoms with E-state index in [1.54, 1.807) is 19.1 Å². The molecule has 3 rings (SSSR count). The van der Waals surface area contributed by atoms with Crippen molar-refractivity contribution < 1.29 is 14.3 Å². The van der Waals surface area contributed by atoms with Gasteiger partial charge in [-0.3, -0.25) is 9.69 Å². The highest BCUT2D eigenvalue weighted by molar-refractivity contribution is 8.27. The lowest BCUT2D eigenvalue weighted by Gasteiger charge is -2.18. The number of hydrogen-bond donors (Lipinski definition) is 0. The molecule has 0 radical (unpaired) electrons. The lowest BCUT2D eigenvalue weighted by atomic mass is 10.0. The zero-order valence-electron chi connectivity index (χ0n) is 16.0. The van der Waals surface area contributed by atoms with E-state index in [1.807, 2.05) is 57.2 Å². The van der Waals surface area contributed by atoms with Crippen LogP contribution in [0.5, 0.6) is 11.5 Å². The molecule has 1 aliphatic rings. The van der Waals surface area contributed by atoms with Crippen LogP contribution in [0.3, 0.4) is 0 Å². The van der Waals surface area contributed by atoms with Gasteiger partial charge >= 0.3 is 0 Å². The number of benzene rings is 2. The minimum absolute atomic E-state index is 0.0917. The number of nitrogens with zero attached hydrogens (tertiary/aromatic N) is 1. The van der Waals surface area contributed by atoms with Gasteiger partial charge in [-0.05, 0) is 61.2 Å². The van der Waals surface area contributed by atoms with Crippen LogP contribution in [0.15, 0.2) is 41.3 Å². The number of carbonyl (C=O) groups excluding carboxylic acids is 1. The van der Waals surface area contributed by atoms with Gasteiger partial charge in [-0.2, -0.15) is 0 Å². The second-order valence-electron chi connectivity index (χ2n) is 6.25. The summed E-state index contributed by atoms with van der Waals surface area (Å²) in [5.41, 5.74) is 4.78. The molecule has 0 N–H and O–H groups in total. The van der Waals surface area contributed by atoms with E-state index in [2.05, 4.69) is 0 Å². The lowest BCUT2D eigenvalue weighted by Crippen LogP contribution is -2.28. The number of allylic oxidation sites excluding steroid dienone is 1. The summed E-state index contributed by atoms with van der Waals surface area (Å²) in [6, 6.07) is 11.5. The van der Waals surface area contributed by atoms with E-state index in [0.29, 0.717) is 20.7 Å². The van der Waals surface area contributed by atoms with E-state index in [9.17, 15) is 4.79 Å². The van der Waals surface area contributed by atoms with Gasteiger partial charge in [0.1, 0.15) is 0 Å². The topological polar surface area (TPSA) is 38.8 Å². The first kappa shape index (κ1) is 19.5. The lowest BCUT2D eigenvalue weighted by molar-refractivity contribution is -0.113. The van der Waals surface area contributed by atoms with E-state index >= 15 is 0 Å². The summed E-state index contributed by atoms with van der Waals surface area (Å²) in [5.74, 6) is 1.18. The Labute approximate surface area is 169 Å². The Bertz CT molecular complexity index is 966. The van der Waals surface area contributed by atoms with Crippen LogP contribution in [0.25, 0.3) is 5.57 Å². The minimum atomic E-state index is -0.0917. The van der Waals surface area contributed by atoms with E-state index in [-0.39, 0.29) is 5.91 Å². The molecule has 0 atom stereocenters. The highest BCUT2D eigenvalue weighted by Gasteiger charge is 2.35. The van der Waals surface area contributed by atoms with Gasteiger partial charge in [0.25, 0.3) is 5.91 Å². The molecule has 0 unspecified atom stereocenters. The second-order valence-corrected chi connectivity index (χ2v) is 7.90. The first-order valence-corrected chi connectivity index (χ1v) is 9.67. The molecule has 6 heteroatoms. The average Bonchev–Trinajstić information content (AvgIpc) is 2.97. The SMILES string of the molecule is COc1ccc(C(C)=C2SC(=S)N(c3cccc(C)c3C)C2=O)cc1OC. The molecule has 4 nitrogen and oxygen atoms in total. The molecule has 27 heavy (non-hydrogen) atoms. The third-order valence-corrected chi connectivity index (χ3v) is 6.22. The Hall–Kier alpha value is -2.31. The normalized spacial score (nSPS) is 16.0. The van der Waals surface area contributed by atoms with Gasteiger partial charge in [0.05, 0.1) is 24.8 Å². The number of thioether (sulfide) groups is 1. The molecule has 1 amide bonds. The van der Waals surface area contributed by atoms with Crippen molar-refractivity contribution in [3.63, 3.8) is 0 Å². The predicted molar refractivity (Wildman–Crippen MR) is 116 cm³/mol. The van der Waals surface area contributed by atoms with Gasteiger partial charge in [-0.15, -0.1) is 0 Å². The summed E-state index contributed by atoms with van der Waals surface area (Å²) in [5, 5.41) is 0. The minimum Gasteiger partial charge on any atom is -0.493 e. The van der Waals surface area contributed by atoms with Crippen LogP contribution in [0.4, 0.5) is 5.69 Å². The zero-order valence-corrected chi connectivity index (χ0v) is 17.6. The number of amides is 1. The van der Waals surface area contributed by atoms with E-state index < -0.39 is 0 Å². The van der Waals surface area contributed by atoms with Crippen LogP contribution in [-0.4, -0.2) is 24.4 Å². The predicted octanol–water partition coefficient (Wildman–Crippen LogP) is 5.12. The number of carbonyl (C=O) groups is 1. The quantitative estimate of drug-likeness (QED) is 0.527. The van der Waals surface area contributed by atoms with Crippen LogP contribution >= 0.6 is 24.0 Å². The van der Waals surface area contributed by atoms with E-state index in [4.69, 9.17) is 21.7 Å². The third-order valence-electron chi connectivity index (χ3n) is 4.74. The Morgan fingerprint density at radius 2 is 1.78 bits per heavy atom. The Balaban J connectivity index is 2.04. The highest BCUT2D eigenvalue weighted by Crippen LogP contribution is 2.41. The summed E-state index contributed by atoms with van der Waals surface area (Å²) < 4.78 is 11.2. The Kier molecular flexibility index (Phi) is 5.58. The van der Waals surface area contributed by atoms with Gasteiger partial charge in [-0.1, -0.05) is 42.2 Å². The monoisotopic (exact) mass is 399 g/mol. The number of methoxy groups -OCH3 is 2. The van der Waals surface area contributed by atoms with Crippen molar-refractivity contribution in [1.82, 2.24) is 0 Å². The number of anilines is 1. The molecular weight excluding hydrogens is 378 g/mol. The van der Waals surface area contributed by atoms with E-state index in [1.165, 1.54) is 11.8 Å². The van der Waals surface area contributed by atoms with Gasteiger partial charge in [-0.25, -0.2) is 0 Å². The Morgan fingerprint density at radius 1 is 1.07 bits per heavy atom. The fourth-order valence-corrected chi connectivity index (χ4v) is 4.31. The Morgan fingerprint density at radius 3 is 2.44 bits per heavy atom. The number of aryl methyl sites for hydroxylation is 1. The highest BCUT2D eigenvalue weighted by atomic mass is 32.2. The summed E-state index contributed by atoms with van der Waals surface area (Å²) in [4.78, 5) is 15.4. The molecule has 1 aliphatic heterocycles. The fourth-order valence-electron chi connectivity index (χ4n) is 2.98.